The Morgan fingerprint density at radius 3 is 1.93 bits per heavy atom. The van der Waals surface area contributed by atoms with E-state index in [4.69, 9.17) is 4.74 Å². The van der Waals surface area contributed by atoms with Gasteiger partial charge in [0, 0.05) is 20.0 Å². The van der Waals surface area contributed by atoms with Crippen LogP contribution in [0.4, 0.5) is 4.79 Å². The summed E-state index contributed by atoms with van der Waals surface area (Å²) in [5.41, 5.74) is 4.47. The number of fused-ring (bicyclic) bond motifs is 3. The Bertz CT molecular complexity index is 1180. The smallest absolute Gasteiger partial charge is 0.410 e. The molecular weight excluding hydrogens is 510 g/mol. The summed E-state index contributed by atoms with van der Waals surface area (Å²) in [7, 11) is 4.34. The van der Waals surface area contributed by atoms with Gasteiger partial charge in [0.15, 0.2) is 0 Å². The molecule has 0 fully saturated rings. The van der Waals surface area contributed by atoms with Crippen molar-refractivity contribution in [3.05, 3.63) is 59.7 Å². The first kappa shape index (κ1) is 30.7. The molecule has 216 valence electrons. The second-order valence-corrected chi connectivity index (χ2v) is 11.0. The molecule has 9 nitrogen and oxygen atoms in total. The molecule has 2 aromatic carbocycles. The third-order valence-electron chi connectivity index (χ3n) is 7.37. The average molecular weight is 552 g/mol. The van der Waals surface area contributed by atoms with Gasteiger partial charge in [0.1, 0.15) is 25.2 Å². The predicted octanol–water partition coefficient (Wildman–Crippen LogP) is 4.05. The fourth-order valence-electron chi connectivity index (χ4n) is 5.33. The molecule has 0 heterocycles. The number of methoxy groups -OCH3 is 1. The molecule has 2 aromatic rings. The summed E-state index contributed by atoms with van der Waals surface area (Å²) < 4.78 is 10.4. The standard InChI is InChI=1S/C31H41N3O6/c1-19(2)16-26(30(37)34(6)28(20(3)4)29(36)32-17-27(35)39-7)33(5)31(38)40-18-25-23-14-10-8-12-21(23)22-13-9-11-15-24(22)25/h8-15,19-20,25-26,28H,16-18H2,1-7H3,(H,32,36)/t26-,28-/m1/s1. The van der Waals surface area contributed by atoms with Crippen LogP contribution in [0.3, 0.4) is 0 Å². The van der Waals surface area contributed by atoms with Gasteiger partial charge in [-0.1, -0.05) is 76.2 Å². The van der Waals surface area contributed by atoms with Gasteiger partial charge in [0.2, 0.25) is 11.8 Å². The van der Waals surface area contributed by atoms with Crippen molar-refractivity contribution < 1.29 is 28.7 Å². The van der Waals surface area contributed by atoms with E-state index in [0.29, 0.717) is 6.42 Å². The van der Waals surface area contributed by atoms with Crippen LogP contribution in [0.2, 0.25) is 0 Å². The van der Waals surface area contributed by atoms with Gasteiger partial charge in [-0.3, -0.25) is 19.3 Å². The molecule has 3 amide bonds. The summed E-state index contributed by atoms with van der Waals surface area (Å²) in [5, 5.41) is 2.54. The van der Waals surface area contributed by atoms with Crippen molar-refractivity contribution in [1.82, 2.24) is 15.1 Å². The van der Waals surface area contributed by atoms with E-state index in [-0.39, 0.29) is 36.8 Å². The maximum absolute atomic E-state index is 13.8. The summed E-state index contributed by atoms with van der Waals surface area (Å²) >= 11 is 0. The van der Waals surface area contributed by atoms with E-state index in [1.54, 1.807) is 14.1 Å². The normalized spacial score (nSPS) is 13.7. The Morgan fingerprint density at radius 2 is 1.43 bits per heavy atom. The number of amides is 3. The van der Waals surface area contributed by atoms with Gasteiger partial charge >= 0.3 is 12.1 Å². The first-order valence-corrected chi connectivity index (χ1v) is 13.7. The van der Waals surface area contributed by atoms with Gasteiger partial charge in [-0.15, -0.1) is 0 Å². The third-order valence-corrected chi connectivity index (χ3v) is 7.37. The van der Waals surface area contributed by atoms with Gasteiger partial charge in [-0.25, -0.2) is 4.79 Å². The Hall–Kier alpha value is -3.88. The fourth-order valence-corrected chi connectivity index (χ4v) is 5.33. The Labute approximate surface area is 236 Å². The van der Waals surface area contributed by atoms with E-state index < -0.39 is 30.1 Å². The predicted molar refractivity (Wildman–Crippen MR) is 152 cm³/mol. The first-order valence-electron chi connectivity index (χ1n) is 13.7. The Kier molecular flexibility index (Phi) is 10.3. The molecule has 2 atom stereocenters. The van der Waals surface area contributed by atoms with Crippen molar-refractivity contribution in [1.29, 1.82) is 0 Å². The second-order valence-electron chi connectivity index (χ2n) is 11.0. The molecule has 40 heavy (non-hydrogen) atoms. The van der Waals surface area contributed by atoms with Crippen molar-refractivity contribution >= 4 is 23.9 Å². The van der Waals surface area contributed by atoms with Gasteiger partial charge in [-0.2, -0.15) is 0 Å². The van der Waals surface area contributed by atoms with Crippen molar-refractivity contribution in [3.63, 3.8) is 0 Å². The molecule has 9 heteroatoms. The number of likely N-dealkylation sites (N-methyl/N-ethyl adjacent to an activating group) is 2. The SMILES string of the molecule is COC(=O)CNC(=O)[C@@H](C(C)C)N(C)C(=O)[C@@H](CC(C)C)N(C)C(=O)OCC1c2ccccc2-c2ccccc21. The molecular formula is C31H41N3O6. The van der Waals surface area contributed by atoms with Crippen molar-refractivity contribution in [2.24, 2.45) is 11.8 Å². The lowest BCUT2D eigenvalue weighted by Crippen LogP contribution is -2.57. The van der Waals surface area contributed by atoms with Gasteiger partial charge in [-0.05, 0) is 40.5 Å². The van der Waals surface area contributed by atoms with Gasteiger partial charge < -0.3 is 19.7 Å². The van der Waals surface area contributed by atoms with Crippen molar-refractivity contribution in [2.75, 3.05) is 34.4 Å². The minimum absolute atomic E-state index is 0.0943. The summed E-state index contributed by atoms with van der Waals surface area (Å²) in [4.78, 5) is 54.2. The summed E-state index contributed by atoms with van der Waals surface area (Å²) in [6, 6.07) is 14.5. The molecule has 0 saturated heterocycles. The minimum Gasteiger partial charge on any atom is -0.468 e. The number of nitrogens with zero attached hydrogens (tertiary/aromatic N) is 2. The van der Waals surface area contributed by atoms with Crippen LogP contribution in [0.5, 0.6) is 0 Å². The molecule has 0 aliphatic heterocycles. The average Bonchev–Trinajstić information content (AvgIpc) is 3.25. The number of hydrogen-bond acceptors (Lipinski definition) is 6. The van der Waals surface area contributed by atoms with Crippen LogP contribution in [-0.4, -0.2) is 80.1 Å². The van der Waals surface area contributed by atoms with E-state index in [1.807, 2.05) is 52.0 Å². The number of nitrogens with one attached hydrogen (secondary N) is 1. The molecule has 1 aliphatic rings. The van der Waals surface area contributed by atoms with E-state index in [9.17, 15) is 19.2 Å². The largest absolute Gasteiger partial charge is 0.468 e. The van der Waals surface area contributed by atoms with E-state index in [0.717, 1.165) is 22.3 Å². The Morgan fingerprint density at radius 1 is 0.875 bits per heavy atom. The second kappa shape index (κ2) is 13.5. The highest BCUT2D eigenvalue weighted by molar-refractivity contribution is 5.92. The van der Waals surface area contributed by atoms with E-state index in [2.05, 4.69) is 34.3 Å². The number of rotatable bonds is 11. The number of hydrogen-bond donors (Lipinski definition) is 1. The van der Waals surface area contributed by atoms with E-state index >= 15 is 0 Å². The van der Waals surface area contributed by atoms with Crippen LogP contribution in [0.1, 0.15) is 51.2 Å². The molecule has 1 aliphatic carbocycles. The lowest BCUT2D eigenvalue weighted by Gasteiger charge is -2.36. The van der Waals surface area contributed by atoms with Crippen LogP contribution in [0.15, 0.2) is 48.5 Å². The lowest BCUT2D eigenvalue weighted by atomic mass is 9.97. The molecule has 1 N–H and O–H groups in total. The van der Waals surface area contributed by atoms with Gasteiger partial charge in [0.05, 0.1) is 7.11 Å². The maximum atomic E-state index is 13.8. The molecule has 0 saturated carbocycles. The number of ether oxygens (including phenoxy) is 2. The molecule has 0 unspecified atom stereocenters. The topological polar surface area (TPSA) is 105 Å². The summed E-state index contributed by atoms with van der Waals surface area (Å²) in [6.07, 6.45) is -0.219. The molecule has 3 rings (SSSR count). The maximum Gasteiger partial charge on any atom is 0.410 e. The molecule has 0 spiro atoms. The van der Waals surface area contributed by atoms with Crippen LogP contribution < -0.4 is 5.32 Å². The zero-order valence-corrected chi connectivity index (χ0v) is 24.5. The fraction of sp³-hybridized carbons (Fsp3) is 0.484. The van der Waals surface area contributed by atoms with Crippen LogP contribution >= 0.6 is 0 Å². The third kappa shape index (κ3) is 6.81. The molecule has 0 aromatic heterocycles. The van der Waals surface area contributed by atoms with Crippen LogP contribution in [-0.2, 0) is 23.9 Å². The number of benzene rings is 2. The van der Waals surface area contributed by atoms with Crippen LogP contribution in [0.25, 0.3) is 11.1 Å². The lowest BCUT2D eigenvalue weighted by molar-refractivity contribution is -0.146. The monoisotopic (exact) mass is 551 g/mol. The number of esters is 1. The Balaban J connectivity index is 1.75. The highest BCUT2D eigenvalue weighted by Crippen LogP contribution is 2.44. The van der Waals surface area contributed by atoms with Crippen molar-refractivity contribution in [3.8, 4) is 11.1 Å². The zero-order valence-electron chi connectivity index (χ0n) is 24.5. The molecule has 0 bridgehead atoms. The summed E-state index contributed by atoms with van der Waals surface area (Å²) in [6.45, 7) is 7.41. The number of carbonyl (C=O) groups excluding carboxylic acids is 4. The highest BCUT2D eigenvalue weighted by atomic mass is 16.6. The zero-order chi connectivity index (χ0) is 29.6. The minimum atomic E-state index is -0.845. The van der Waals surface area contributed by atoms with Gasteiger partial charge in [0.25, 0.3) is 0 Å². The quantitative estimate of drug-likeness (QED) is 0.423. The molecule has 0 radical (unpaired) electrons. The highest BCUT2D eigenvalue weighted by Gasteiger charge is 2.37. The van der Waals surface area contributed by atoms with Crippen LogP contribution in [0, 0.1) is 11.8 Å². The number of carbonyl (C=O) groups is 4. The van der Waals surface area contributed by atoms with Crippen molar-refractivity contribution in [2.45, 2.75) is 52.1 Å². The summed E-state index contributed by atoms with van der Waals surface area (Å²) in [5.74, 6) is -1.68. The van der Waals surface area contributed by atoms with E-state index in [1.165, 1.54) is 16.9 Å². The first-order chi connectivity index (χ1) is 19.0.